The lowest BCUT2D eigenvalue weighted by Gasteiger charge is -2.03. The first-order valence-electron chi connectivity index (χ1n) is 5.66. The van der Waals surface area contributed by atoms with E-state index in [-0.39, 0.29) is 0 Å². The Kier molecular flexibility index (Phi) is 2.88. The van der Waals surface area contributed by atoms with Gasteiger partial charge in [-0.2, -0.15) is 0 Å². The first-order chi connectivity index (χ1) is 8.43. The summed E-state index contributed by atoms with van der Waals surface area (Å²) in [5.41, 5.74) is 2.58. The summed E-state index contributed by atoms with van der Waals surface area (Å²) in [7, 11) is 0. The van der Waals surface area contributed by atoms with Crippen LogP contribution in [0.15, 0.2) is 65.7 Å². The molecular weight excluding hydrogens is 226 g/mol. The molecule has 0 atom stereocenters. The third kappa shape index (κ3) is 2.22. The molecule has 2 aromatic carbocycles. The lowest BCUT2D eigenvalue weighted by Crippen LogP contribution is -1.80. The van der Waals surface area contributed by atoms with Crippen LogP contribution >= 0.6 is 11.8 Å². The molecule has 0 aliphatic heterocycles. The van der Waals surface area contributed by atoms with E-state index in [1.807, 2.05) is 18.0 Å². The molecule has 84 valence electrons. The Hall–Kier alpha value is -1.67. The van der Waals surface area contributed by atoms with Crippen molar-refractivity contribution in [2.45, 2.75) is 10.6 Å². The van der Waals surface area contributed by atoms with Crippen LogP contribution in [0.1, 0.15) is 5.56 Å². The van der Waals surface area contributed by atoms with Gasteiger partial charge >= 0.3 is 0 Å². The number of aromatic amines is 1. The van der Waals surface area contributed by atoms with Gasteiger partial charge in [-0.3, -0.25) is 0 Å². The van der Waals surface area contributed by atoms with Crippen molar-refractivity contribution in [3.63, 3.8) is 0 Å². The zero-order chi connectivity index (χ0) is 11.5. The Morgan fingerprint density at radius 3 is 2.65 bits per heavy atom. The Bertz CT molecular complexity index is 613. The van der Waals surface area contributed by atoms with Crippen LogP contribution in [-0.2, 0) is 5.75 Å². The van der Waals surface area contributed by atoms with Gasteiger partial charge in [0.15, 0.2) is 0 Å². The maximum Gasteiger partial charge on any atom is 0.0465 e. The first kappa shape index (κ1) is 10.5. The molecule has 0 bridgehead atoms. The first-order valence-corrected chi connectivity index (χ1v) is 6.65. The van der Waals surface area contributed by atoms with Gasteiger partial charge in [0.25, 0.3) is 0 Å². The van der Waals surface area contributed by atoms with E-state index < -0.39 is 0 Å². The number of hydrogen-bond donors (Lipinski definition) is 1. The average molecular weight is 239 g/mol. The second kappa shape index (κ2) is 4.68. The molecule has 0 aliphatic carbocycles. The summed E-state index contributed by atoms with van der Waals surface area (Å²) in [6, 6.07) is 19.1. The van der Waals surface area contributed by atoms with Gasteiger partial charge in [-0.15, -0.1) is 11.8 Å². The maximum atomic E-state index is 3.24. The van der Waals surface area contributed by atoms with E-state index in [9.17, 15) is 0 Å². The fraction of sp³-hybridized carbons (Fsp3) is 0.0667. The van der Waals surface area contributed by atoms with Gasteiger partial charge in [0, 0.05) is 27.7 Å². The van der Waals surface area contributed by atoms with Crippen molar-refractivity contribution in [1.82, 2.24) is 4.98 Å². The van der Waals surface area contributed by atoms with E-state index in [1.54, 1.807) is 0 Å². The monoisotopic (exact) mass is 239 g/mol. The van der Waals surface area contributed by atoms with Crippen molar-refractivity contribution in [1.29, 1.82) is 0 Å². The van der Waals surface area contributed by atoms with Gasteiger partial charge in [0.05, 0.1) is 0 Å². The van der Waals surface area contributed by atoms with E-state index in [0.717, 1.165) is 5.75 Å². The van der Waals surface area contributed by atoms with Crippen molar-refractivity contribution >= 4 is 22.7 Å². The van der Waals surface area contributed by atoms with Crippen LogP contribution in [0.25, 0.3) is 10.9 Å². The number of fused-ring (bicyclic) bond motifs is 1. The minimum Gasteiger partial charge on any atom is -0.361 e. The van der Waals surface area contributed by atoms with Crippen LogP contribution in [0, 0.1) is 0 Å². The third-order valence-corrected chi connectivity index (χ3v) is 3.94. The smallest absolute Gasteiger partial charge is 0.0465 e. The molecule has 17 heavy (non-hydrogen) atoms. The Morgan fingerprint density at radius 1 is 0.882 bits per heavy atom. The highest BCUT2D eigenvalue weighted by Crippen LogP contribution is 2.29. The van der Waals surface area contributed by atoms with Gasteiger partial charge in [-0.25, -0.2) is 0 Å². The predicted octanol–water partition coefficient (Wildman–Crippen LogP) is 4.46. The van der Waals surface area contributed by atoms with Crippen LogP contribution in [0.4, 0.5) is 0 Å². The molecule has 0 aliphatic rings. The molecule has 0 unspecified atom stereocenters. The van der Waals surface area contributed by atoms with Gasteiger partial charge in [-0.1, -0.05) is 36.4 Å². The van der Waals surface area contributed by atoms with Crippen LogP contribution in [0.2, 0.25) is 0 Å². The summed E-state index contributed by atoms with van der Waals surface area (Å²) >= 11 is 1.89. The summed E-state index contributed by atoms with van der Waals surface area (Å²) in [5.74, 6) is 1.02. The fourth-order valence-electron chi connectivity index (χ4n) is 1.92. The Morgan fingerprint density at radius 2 is 1.76 bits per heavy atom. The number of hydrogen-bond acceptors (Lipinski definition) is 1. The summed E-state index contributed by atoms with van der Waals surface area (Å²) < 4.78 is 0. The lowest BCUT2D eigenvalue weighted by atomic mass is 10.2. The molecule has 0 spiro atoms. The molecule has 0 saturated heterocycles. The largest absolute Gasteiger partial charge is 0.361 e. The van der Waals surface area contributed by atoms with Crippen LogP contribution in [0.5, 0.6) is 0 Å². The number of aromatic nitrogens is 1. The van der Waals surface area contributed by atoms with Crippen molar-refractivity contribution in [2.24, 2.45) is 0 Å². The van der Waals surface area contributed by atoms with Crippen molar-refractivity contribution in [2.75, 3.05) is 0 Å². The highest BCUT2D eigenvalue weighted by molar-refractivity contribution is 7.98. The van der Waals surface area contributed by atoms with Crippen molar-refractivity contribution in [3.8, 4) is 0 Å². The molecule has 0 radical (unpaired) electrons. The molecule has 2 heteroatoms. The minimum atomic E-state index is 1.02. The molecular formula is C15H13NS. The van der Waals surface area contributed by atoms with Gasteiger partial charge in [0.2, 0.25) is 0 Å². The number of H-pyrrole nitrogens is 1. The molecule has 3 rings (SSSR count). The topological polar surface area (TPSA) is 15.8 Å². The highest BCUT2D eigenvalue weighted by Gasteiger charge is 2.02. The SMILES string of the molecule is c1ccc(CSc2cccc3[nH]ccc23)cc1. The quantitative estimate of drug-likeness (QED) is 0.667. The molecule has 3 aromatic rings. The zero-order valence-corrected chi connectivity index (χ0v) is 10.2. The average Bonchev–Trinajstić information content (AvgIpc) is 2.86. The van der Waals surface area contributed by atoms with E-state index >= 15 is 0 Å². The summed E-state index contributed by atoms with van der Waals surface area (Å²) in [4.78, 5) is 4.59. The summed E-state index contributed by atoms with van der Waals surface area (Å²) in [6.07, 6.45) is 2.00. The second-order valence-electron chi connectivity index (χ2n) is 3.97. The predicted molar refractivity (Wildman–Crippen MR) is 74.3 cm³/mol. The molecule has 1 aromatic heterocycles. The number of thioether (sulfide) groups is 1. The normalized spacial score (nSPS) is 10.8. The Balaban J connectivity index is 1.84. The standard InChI is InChI=1S/C15H13NS/c1-2-5-12(6-3-1)11-17-15-8-4-7-14-13(15)9-10-16-14/h1-10,16H,11H2. The van der Waals surface area contributed by atoms with E-state index in [1.165, 1.54) is 21.4 Å². The molecule has 1 heterocycles. The van der Waals surface area contributed by atoms with E-state index in [4.69, 9.17) is 0 Å². The molecule has 0 fully saturated rings. The molecule has 0 amide bonds. The second-order valence-corrected chi connectivity index (χ2v) is 4.99. The van der Waals surface area contributed by atoms with E-state index in [0.29, 0.717) is 0 Å². The maximum absolute atomic E-state index is 3.24. The van der Waals surface area contributed by atoms with Gasteiger partial charge in [-0.05, 0) is 23.8 Å². The molecule has 1 nitrogen and oxygen atoms in total. The van der Waals surface area contributed by atoms with Crippen LogP contribution in [0.3, 0.4) is 0 Å². The lowest BCUT2D eigenvalue weighted by molar-refractivity contribution is 1.40. The Labute approximate surface area is 105 Å². The number of benzene rings is 2. The van der Waals surface area contributed by atoms with Gasteiger partial charge < -0.3 is 4.98 Å². The van der Waals surface area contributed by atoms with Crippen molar-refractivity contribution < 1.29 is 0 Å². The number of rotatable bonds is 3. The summed E-state index contributed by atoms with van der Waals surface area (Å²) in [5, 5.41) is 1.31. The third-order valence-electron chi connectivity index (χ3n) is 2.79. The van der Waals surface area contributed by atoms with E-state index in [2.05, 4.69) is 59.6 Å². The molecule has 1 N–H and O–H groups in total. The molecule has 0 saturated carbocycles. The fourth-order valence-corrected chi connectivity index (χ4v) is 2.94. The van der Waals surface area contributed by atoms with Crippen LogP contribution < -0.4 is 0 Å². The van der Waals surface area contributed by atoms with Crippen LogP contribution in [-0.4, -0.2) is 4.98 Å². The van der Waals surface area contributed by atoms with Crippen molar-refractivity contribution in [3.05, 3.63) is 66.4 Å². The number of nitrogens with one attached hydrogen (secondary N) is 1. The van der Waals surface area contributed by atoms with Gasteiger partial charge in [0.1, 0.15) is 0 Å². The zero-order valence-electron chi connectivity index (χ0n) is 9.39. The highest BCUT2D eigenvalue weighted by atomic mass is 32.2. The summed E-state index contributed by atoms with van der Waals surface area (Å²) in [6.45, 7) is 0. The minimum absolute atomic E-state index is 1.02.